The number of fused-ring (bicyclic) bond motifs is 1. The molecule has 5 rings (SSSR count). The van der Waals surface area contributed by atoms with E-state index in [-0.39, 0.29) is 23.0 Å². The van der Waals surface area contributed by atoms with E-state index in [2.05, 4.69) is 15.2 Å². The van der Waals surface area contributed by atoms with Crippen LogP contribution in [-0.2, 0) is 22.4 Å². The number of hydrogen-bond acceptors (Lipinski definition) is 5. The third kappa shape index (κ3) is 4.57. The summed E-state index contributed by atoms with van der Waals surface area (Å²) in [6.07, 6.45) is 3.08. The lowest BCUT2D eigenvalue weighted by molar-refractivity contribution is 0.0975. The van der Waals surface area contributed by atoms with Crippen LogP contribution >= 0.6 is 0 Å². The average Bonchev–Trinajstić information content (AvgIpc) is 3.66. The molecule has 0 saturated heterocycles. The highest BCUT2D eigenvalue weighted by Gasteiger charge is 2.32. The lowest BCUT2D eigenvalue weighted by Gasteiger charge is -2.14. The second-order valence-corrected chi connectivity index (χ2v) is 10.2. The van der Waals surface area contributed by atoms with Crippen molar-refractivity contribution in [2.45, 2.75) is 31.6 Å². The van der Waals surface area contributed by atoms with Crippen molar-refractivity contribution in [1.82, 2.24) is 14.3 Å². The smallest absolute Gasteiger partial charge is 0.280 e. The van der Waals surface area contributed by atoms with E-state index in [9.17, 15) is 18.2 Å². The third-order valence-electron chi connectivity index (χ3n) is 6.14. The van der Waals surface area contributed by atoms with E-state index in [0.29, 0.717) is 33.3 Å². The Hall–Kier alpha value is -3.76. The summed E-state index contributed by atoms with van der Waals surface area (Å²) in [6, 6.07) is 13.4. The normalized spacial score (nSPS) is 14.1. The maximum atomic E-state index is 14.9. The van der Waals surface area contributed by atoms with Crippen LogP contribution in [0.15, 0.2) is 59.5 Å². The van der Waals surface area contributed by atoms with Gasteiger partial charge in [0.05, 0.1) is 24.6 Å². The van der Waals surface area contributed by atoms with Gasteiger partial charge in [0.2, 0.25) is 0 Å². The summed E-state index contributed by atoms with van der Waals surface area (Å²) < 4.78 is 31.8. The summed E-state index contributed by atoms with van der Waals surface area (Å²) in [6.45, 7) is 1.91. The molecule has 3 N–H and O–H groups in total. The number of H-pyrrole nitrogens is 1. The number of rotatable bonds is 8. The predicted molar refractivity (Wildman–Crippen MR) is 137 cm³/mol. The molecule has 10 heteroatoms. The Morgan fingerprint density at radius 3 is 2.75 bits per heavy atom. The molecule has 0 aliphatic heterocycles. The van der Waals surface area contributed by atoms with Gasteiger partial charge in [-0.05, 0) is 62.2 Å². The van der Waals surface area contributed by atoms with Gasteiger partial charge in [0, 0.05) is 33.8 Å². The fourth-order valence-electron chi connectivity index (χ4n) is 4.31. The number of hydrogen-bond donors (Lipinski definition) is 3. The number of aryl methyl sites for hydroxylation is 1. The summed E-state index contributed by atoms with van der Waals surface area (Å²) in [5.74, 6) is -1.04. The molecule has 186 valence electrons. The lowest BCUT2D eigenvalue weighted by atomic mass is 10.0. The highest BCUT2D eigenvalue weighted by Crippen LogP contribution is 2.36. The maximum absolute atomic E-state index is 14.9. The molecular weight excluding hydrogens is 483 g/mol. The van der Waals surface area contributed by atoms with E-state index >= 15 is 0 Å². The van der Waals surface area contributed by atoms with Crippen LogP contribution in [0.1, 0.15) is 34.5 Å². The Bertz CT molecular complexity index is 1560. The van der Waals surface area contributed by atoms with Crippen molar-refractivity contribution >= 4 is 33.5 Å². The fourth-order valence-corrected chi connectivity index (χ4v) is 5.32. The van der Waals surface area contributed by atoms with E-state index in [1.807, 2.05) is 25.1 Å². The second-order valence-electron chi connectivity index (χ2n) is 8.78. The van der Waals surface area contributed by atoms with Crippen LogP contribution in [0.5, 0.6) is 0 Å². The van der Waals surface area contributed by atoms with Gasteiger partial charge < -0.3 is 9.55 Å². The van der Waals surface area contributed by atoms with Crippen molar-refractivity contribution in [2.75, 3.05) is 12.6 Å². The molecule has 1 atom stereocenters. The van der Waals surface area contributed by atoms with Crippen molar-refractivity contribution in [1.29, 1.82) is 0 Å². The number of carbonyl (C=O) groups is 1. The Morgan fingerprint density at radius 2 is 2.03 bits per heavy atom. The Kier molecular flexibility index (Phi) is 6.46. The number of amides is 1. The predicted octanol–water partition coefficient (Wildman–Crippen LogP) is 4.02. The minimum absolute atomic E-state index is 0.00577. The van der Waals surface area contributed by atoms with Gasteiger partial charge in [-0.2, -0.15) is 0 Å². The molecule has 1 unspecified atom stereocenters. The maximum Gasteiger partial charge on any atom is 0.280 e. The molecule has 4 aromatic rings. The standard InChI is InChI=1S/C26H25FN4O4S/c1-15-5-10-22-20(12-15)23(19-4-3-11-28-25(19)32)24(26(33)30-36(34)18-7-8-18)31(22)14-16-13-17(29-35-2)6-9-21(16)27/h3-6,9-13,18,29H,7-8,14H2,1-2H3,(H,28,32)(H,30,33). The Morgan fingerprint density at radius 1 is 1.22 bits per heavy atom. The largest absolute Gasteiger partial charge is 0.331 e. The molecule has 1 aliphatic rings. The molecule has 8 nitrogen and oxygen atoms in total. The first-order valence-electron chi connectivity index (χ1n) is 11.5. The van der Waals surface area contributed by atoms with Crippen molar-refractivity contribution in [3.63, 3.8) is 0 Å². The molecule has 0 bridgehead atoms. The first-order valence-corrected chi connectivity index (χ1v) is 12.7. The van der Waals surface area contributed by atoms with Gasteiger partial charge in [0.25, 0.3) is 11.5 Å². The van der Waals surface area contributed by atoms with Crippen LogP contribution in [0.4, 0.5) is 10.1 Å². The minimum Gasteiger partial charge on any atom is -0.331 e. The van der Waals surface area contributed by atoms with Crippen LogP contribution in [-0.4, -0.2) is 32.0 Å². The van der Waals surface area contributed by atoms with Crippen molar-refractivity contribution in [2.24, 2.45) is 0 Å². The summed E-state index contributed by atoms with van der Waals surface area (Å²) in [7, 11) is -0.0969. The molecule has 1 amide bonds. The van der Waals surface area contributed by atoms with E-state index in [1.54, 1.807) is 28.8 Å². The zero-order valence-electron chi connectivity index (χ0n) is 19.8. The molecule has 2 aromatic heterocycles. The topological polar surface area (TPSA) is 105 Å². The monoisotopic (exact) mass is 508 g/mol. The number of benzene rings is 2. The summed E-state index contributed by atoms with van der Waals surface area (Å²) in [4.78, 5) is 34.1. The first kappa shape index (κ1) is 24.0. The van der Waals surface area contributed by atoms with Crippen LogP contribution in [0.3, 0.4) is 0 Å². The molecule has 1 aliphatic carbocycles. The number of aromatic amines is 1. The van der Waals surface area contributed by atoms with Gasteiger partial charge in [-0.3, -0.25) is 24.6 Å². The summed E-state index contributed by atoms with van der Waals surface area (Å²) in [5, 5.41) is 0.590. The van der Waals surface area contributed by atoms with Crippen molar-refractivity contribution in [3.8, 4) is 11.1 Å². The molecule has 1 saturated carbocycles. The zero-order chi connectivity index (χ0) is 25.4. The number of pyridine rings is 1. The van der Waals surface area contributed by atoms with Crippen LogP contribution < -0.4 is 15.8 Å². The van der Waals surface area contributed by atoms with Gasteiger partial charge in [0.1, 0.15) is 22.5 Å². The fraction of sp³-hybridized carbons (Fsp3) is 0.231. The number of anilines is 1. The van der Waals surface area contributed by atoms with E-state index in [0.717, 1.165) is 18.4 Å². The third-order valence-corrected chi connectivity index (χ3v) is 7.60. The average molecular weight is 509 g/mol. The van der Waals surface area contributed by atoms with Crippen molar-refractivity contribution in [3.05, 3.63) is 87.7 Å². The second kappa shape index (κ2) is 9.71. The molecule has 36 heavy (non-hydrogen) atoms. The van der Waals surface area contributed by atoms with Gasteiger partial charge in [-0.15, -0.1) is 0 Å². The van der Waals surface area contributed by atoms with Crippen LogP contribution in [0.2, 0.25) is 0 Å². The van der Waals surface area contributed by atoms with Crippen LogP contribution in [0, 0.1) is 12.7 Å². The van der Waals surface area contributed by atoms with Gasteiger partial charge >= 0.3 is 0 Å². The highest BCUT2D eigenvalue weighted by atomic mass is 32.2. The molecule has 0 spiro atoms. The molecular formula is C26H25FN4O4S. The molecule has 0 radical (unpaired) electrons. The van der Waals surface area contributed by atoms with E-state index < -0.39 is 22.7 Å². The lowest BCUT2D eigenvalue weighted by Crippen LogP contribution is -2.30. The van der Waals surface area contributed by atoms with Gasteiger partial charge in [0.15, 0.2) is 0 Å². The van der Waals surface area contributed by atoms with Gasteiger partial charge in [-0.1, -0.05) is 11.6 Å². The van der Waals surface area contributed by atoms with Crippen LogP contribution in [0.25, 0.3) is 22.0 Å². The first-order chi connectivity index (χ1) is 17.4. The summed E-state index contributed by atoms with van der Waals surface area (Å²) >= 11 is 0. The quantitative estimate of drug-likeness (QED) is 0.312. The summed E-state index contributed by atoms with van der Waals surface area (Å²) in [5.41, 5.74) is 5.59. The molecule has 2 heterocycles. The molecule has 1 fully saturated rings. The SMILES string of the molecule is CONc1ccc(F)c(Cn2c(C(=O)NS(=O)C3CC3)c(-c3ccc[nH]c3=O)c3cc(C)ccc32)c1. The highest BCUT2D eigenvalue weighted by molar-refractivity contribution is 7.84. The Balaban J connectivity index is 1.76. The number of halogens is 1. The van der Waals surface area contributed by atoms with E-state index in [4.69, 9.17) is 4.84 Å². The van der Waals surface area contributed by atoms with E-state index in [1.165, 1.54) is 19.4 Å². The Labute approximate surface area is 209 Å². The number of nitrogens with zero attached hydrogens (tertiary/aromatic N) is 1. The van der Waals surface area contributed by atoms with Crippen molar-refractivity contribution < 1.29 is 18.2 Å². The van der Waals surface area contributed by atoms with Gasteiger partial charge in [-0.25, -0.2) is 8.60 Å². The number of aromatic nitrogens is 2. The zero-order valence-corrected chi connectivity index (χ0v) is 20.6. The minimum atomic E-state index is -1.55. The number of nitrogens with one attached hydrogen (secondary N) is 3. The molecule has 2 aromatic carbocycles. The number of carbonyl (C=O) groups excluding carboxylic acids is 1.